The molecule has 2 aromatic carbocycles. The maximum Gasteiger partial charge on any atom is 0.0610 e. The Morgan fingerprint density at radius 1 is 1.17 bits per heavy atom. The van der Waals surface area contributed by atoms with E-state index in [4.69, 9.17) is 16.3 Å². The number of nitrogens with one attached hydrogen (secondary N) is 1. The highest BCUT2D eigenvalue weighted by Crippen LogP contribution is 2.43. The van der Waals surface area contributed by atoms with Crippen LogP contribution in [-0.4, -0.2) is 26.8 Å². The lowest BCUT2D eigenvalue weighted by Gasteiger charge is -2.22. The number of nitrogens with zero attached hydrogens (tertiary/aromatic N) is 1. The van der Waals surface area contributed by atoms with E-state index in [9.17, 15) is 0 Å². The molecule has 1 heterocycles. The molecule has 1 atom stereocenters. The van der Waals surface area contributed by atoms with E-state index in [1.807, 2.05) is 12.1 Å². The Hall–Kier alpha value is -1.20. The zero-order valence-electron chi connectivity index (χ0n) is 14.1. The van der Waals surface area contributed by atoms with Crippen LogP contribution in [-0.2, 0) is 4.74 Å². The largest absolute Gasteiger partial charge is 0.380 e. The second-order valence-corrected chi connectivity index (χ2v) is 7.44. The number of para-hydroxylation sites is 1. The molecule has 1 aliphatic rings. The Bertz CT molecular complexity index is 695. The summed E-state index contributed by atoms with van der Waals surface area (Å²) in [6.45, 7) is 4.48. The highest BCUT2D eigenvalue weighted by atomic mass is 35.5. The summed E-state index contributed by atoms with van der Waals surface area (Å²) in [7, 11) is 2.10. The quantitative estimate of drug-likeness (QED) is 0.583. The van der Waals surface area contributed by atoms with Gasteiger partial charge in [-0.1, -0.05) is 42.8 Å². The summed E-state index contributed by atoms with van der Waals surface area (Å²) in [5.74, 6) is 0. The molecule has 0 aliphatic carbocycles. The number of hydrogen-bond acceptors (Lipinski definition) is 4. The van der Waals surface area contributed by atoms with Crippen LogP contribution in [0.2, 0.25) is 5.02 Å². The van der Waals surface area contributed by atoms with Crippen LogP contribution in [0.15, 0.2) is 47.4 Å². The molecule has 0 fully saturated rings. The number of halogens is 1. The first-order valence-corrected chi connectivity index (χ1v) is 9.47. The zero-order chi connectivity index (χ0) is 16.9. The number of benzene rings is 2. The van der Waals surface area contributed by atoms with Gasteiger partial charge < -0.3 is 14.4 Å². The third-order valence-corrected chi connectivity index (χ3v) is 5.31. The summed E-state index contributed by atoms with van der Waals surface area (Å²) < 4.78 is 7.83. The molecule has 24 heavy (non-hydrogen) atoms. The van der Waals surface area contributed by atoms with E-state index >= 15 is 0 Å². The van der Waals surface area contributed by atoms with Crippen molar-refractivity contribution in [3.63, 3.8) is 0 Å². The SMILES string of the molecule is CCCOCCNC1c2ccc(Cl)cc2SN(C)c2ccccc21. The van der Waals surface area contributed by atoms with E-state index in [0.29, 0.717) is 0 Å². The van der Waals surface area contributed by atoms with E-state index in [1.165, 1.54) is 21.7 Å². The van der Waals surface area contributed by atoms with Crippen molar-refractivity contribution in [1.29, 1.82) is 0 Å². The molecule has 1 aliphatic heterocycles. The van der Waals surface area contributed by atoms with Crippen molar-refractivity contribution in [2.75, 3.05) is 31.1 Å². The van der Waals surface area contributed by atoms with Gasteiger partial charge in [-0.25, -0.2) is 0 Å². The molecule has 0 saturated carbocycles. The number of fused-ring (bicyclic) bond motifs is 2. The predicted octanol–water partition coefficient (Wildman–Crippen LogP) is 4.90. The van der Waals surface area contributed by atoms with E-state index in [-0.39, 0.29) is 6.04 Å². The normalized spacial score (nSPS) is 16.5. The zero-order valence-corrected chi connectivity index (χ0v) is 15.7. The highest BCUT2D eigenvalue weighted by molar-refractivity contribution is 8.00. The first-order valence-electron chi connectivity index (χ1n) is 8.32. The molecule has 1 N–H and O–H groups in total. The number of rotatable bonds is 6. The Morgan fingerprint density at radius 3 is 2.83 bits per heavy atom. The maximum absolute atomic E-state index is 6.23. The molecule has 5 heteroatoms. The van der Waals surface area contributed by atoms with E-state index in [0.717, 1.165) is 31.2 Å². The standard InChI is InChI=1S/C19H23ClN2OS/c1-3-11-23-12-10-21-19-15-6-4-5-7-17(15)22(2)24-18-13-14(20)8-9-16(18)19/h4-9,13,19,21H,3,10-12H2,1-2H3. The van der Waals surface area contributed by atoms with Gasteiger partial charge in [0.1, 0.15) is 0 Å². The van der Waals surface area contributed by atoms with Crippen LogP contribution in [0.5, 0.6) is 0 Å². The molecule has 128 valence electrons. The van der Waals surface area contributed by atoms with Crippen molar-refractivity contribution in [2.24, 2.45) is 0 Å². The van der Waals surface area contributed by atoms with Gasteiger partial charge in [-0.2, -0.15) is 0 Å². The van der Waals surface area contributed by atoms with Crippen LogP contribution in [0.1, 0.15) is 30.5 Å². The van der Waals surface area contributed by atoms with Crippen LogP contribution >= 0.6 is 23.5 Å². The Balaban J connectivity index is 1.91. The first kappa shape index (κ1) is 17.6. The van der Waals surface area contributed by atoms with Crippen molar-refractivity contribution < 1.29 is 4.74 Å². The van der Waals surface area contributed by atoms with Gasteiger partial charge in [0, 0.05) is 30.1 Å². The smallest absolute Gasteiger partial charge is 0.0610 e. The van der Waals surface area contributed by atoms with Crippen molar-refractivity contribution in [1.82, 2.24) is 5.32 Å². The molecule has 0 aromatic heterocycles. The Kier molecular flexibility index (Phi) is 6.06. The Labute approximate surface area is 153 Å². The van der Waals surface area contributed by atoms with Gasteiger partial charge in [0.15, 0.2) is 0 Å². The van der Waals surface area contributed by atoms with Crippen molar-refractivity contribution in [2.45, 2.75) is 24.3 Å². The molecule has 0 amide bonds. The lowest BCUT2D eigenvalue weighted by Crippen LogP contribution is -2.27. The van der Waals surface area contributed by atoms with Gasteiger partial charge in [0.2, 0.25) is 0 Å². The third kappa shape index (κ3) is 3.89. The third-order valence-electron chi connectivity index (χ3n) is 4.05. The van der Waals surface area contributed by atoms with Crippen LogP contribution in [0.4, 0.5) is 5.69 Å². The fourth-order valence-electron chi connectivity index (χ4n) is 2.95. The molecule has 0 radical (unpaired) electrons. The van der Waals surface area contributed by atoms with Crippen LogP contribution in [0.3, 0.4) is 0 Å². The molecule has 2 aromatic rings. The molecule has 3 nitrogen and oxygen atoms in total. The van der Waals surface area contributed by atoms with E-state index in [2.05, 4.69) is 53.9 Å². The van der Waals surface area contributed by atoms with Gasteiger partial charge in [0.25, 0.3) is 0 Å². The number of anilines is 1. The minimum Gasteiger partial charge on any atom is -0.380 e. The van der Waals surface area contributed by atoms with Crippen molar-refractivity contribution >= 4 is 29.2 Å². The average Bonchev–Trinajstić information content (AvgIpc) is 2.69. The van der Waals surface area contributed by atoms with E-state index in [1.54, 1.807) is 11.9 Å². The minimum atomic E-state index is 0.135. The van der Waals surface area contributed by atoms with Crippen molar-refractivity contribution in [3.05, 3.63) is 58.6 Å². The summed E-state index contributed by atoms with van der Waals surface area (Å²) in [5, 5.41) is 4.43. The van der Waals surface area contributed by atoms with Crippen LogP contribution in [0, 0.1) is 0 Å². The lowest BCUT2D eigenvalue weighted by atomic mass is 9.97. The summed E-state index contributed by atoms with van der Waals surface area (Å²) in [4.78, 5) is 1.19. The second kappa shape index (κ2) is 8.26. The number of ether oxygens (including phenoxy) is 1. The molecule has 0 saturated heterocycles. The van der Waals surface area contributed by atoms with Gasteiger partial charge in [-0.05, 0) is 47.7 Å². The summed E-state index contributed by atoms with van der Waals surface area (Å²) in [6, 6.07) is 14.8. The average molecular weight is 363 g/mol. The van der Waals surface area contributed by atoms with Crippen LogP contribution < -0.4 is 9.62 Å². The van der Waals surface area contributed by atoms with E-state index < -0.39 is 0 Å². The summed E-state index contributed by atoms with van der Waals surface area (Å²) in [5.41, 5.74) is 3.77. The van der Waals surface area contributed by atoms with Gasteiger partial charge in [-0.15, -0.1) is 0 Å². The molecular formula is C19H23ClN2OS. The van der Waals surface area contributed by atoms with Gasteiger partial charge in [-0.3, -0.25) is 0 Å². The highest BCUT2D eigenvalue weighted by Gasteiger charge is 2.26. The second-order valence-electron chi connectivity index (χ2n) is 5.83. The fourth-order valence-corrected chi connectivity index (χ4v) is 4.22. The molecule has 0 spiro atoms. The van der Waals surface area contributed by atoms with Crippen LogP contribution in [0.25, 0.3) is 0 Å². The molecule has 1 unspecified atom stereocenters. The Morgan fingerprint density at radius 2 is 2.00 bits per heavy atom. The van der Waals surface area contributed by atoms with Gasteiger partial charge in [0.05, 0.1) is 18.3 Å². The molecule has 3 rings (SSSR count). The summed E-state index contributed by atoms with van der Waals surface area (Å²) in [6.07, 6.45) is 1.05. The molecular weight excluding hydrogens is 340 g/mol. The lowest BCUT2D eigenvalue weighted by molar-refractivity contribution is 0.135. The fraction of sp³-hybridized carbons (Fsp3) is 0.368. The first-order chi connectivity index (χ1) is 11.7. The minimum absolute atomic E-state index is 0.135. The topological polar surface area (TPSA) is 24.5 Å². The van der Waals surface area contributed by atoms with Gasteiger partial charge >= 0.3 is 0 Å². The van der Waals surface area contributed by atoms with Crippen molar-refractivity contribution in [3.8, 4) is 0 Å². The predicted molar refractivity (Wildman–Crippen MR) is 103 cm³/mol. The molecule has 0 bridgehead atoms. The summed E-state index contributed by atoms with van der Waals surface area (Å²) >= 11 is 7.94. The maximum atomic E-state index is 6.23. The monoisotopic (exact) mass is 362 g/mol. The number of hydrogen-bond donors (Lipinski definition) is 1.